The zero-order valence-electron chi connectivity index (χ0n) is 12.1. The highest BCUT2D eigenvalue weighted by Crippen LogP contribution is 2.33. The minimum atomic E-state index is 0.0927. The number of rotatable bonds is 3. The lowest BCUT2D eigenvalue weighted by Crippen LogP contribution is -2.11. The Morgan fingerprint density at radius 1 is 1.24 bits per heavy atom. The minimum Gasteiger partial charge on any atom is -0.376 e. The lowest BCUT2D eigenvalue weighted by atomic mass is 9.98. The molecule has 0 saturated heterocycles. The number of anilines is 1. The molecule has 1 N–H and O–H groups in total. The fourth-order valence-electron chi connectivity index (χ4n) is 1.99. The molecule has 0 aliphatic carbocycles. The van der Waals surface area contributed by atoms with Crippen molar-refractivity contribution in [2.75, 3.05) is 5.32 Å². The van der Waals surface area contributed by atoms with Gasteiger partial charge in [-0.25, -0.2) is 9.97 Å². The van der Waals surface area contributed by atoms with E-state index in [0.29, 0.717) is 11.6 Å². The molecule has 6 heteroatoms. The molecular weight excluding hydrogens is 322 g/mol. The van der Waals surface area contributed by atoms with E-state index in [0.717, 1.165) is 26.6 Å². The molecule has 3 aromatic rings. The summed E-state index contributed by atoms with van der Waals surface area (Å²) in [4.78, 5) is 9.08. The molecule has 0 aliphatic heterocycles. The molecule has 3 rings (SSSR count). The molecule has 3 nitrogen and oxygen atoms in total. The summed E-state index contributed by atoms with van der Waals surface area (Å²) in [6, 6.07) is 3.91. The van der Waals surface area contributed by atoms with Gasteiger partial charge in [0.05, 0.1) is 38.2 Å². The van der Waals surface area contributed by atoms with Crippen LogP contribution in [0.25, 0.3) is 10.2 Å². The van der Waals surface area contributed by atoms with E-state index in [1.165, 1.54) is 0 Å². The number of fused-ring (bicyclic) bond motifs is 1. The number of nitrogens with one attached hydrogen (secondary N) is 1. The van der Waals surface area contributed by atoms with Crippen molar-refractivity contribution >= 4 is 50.2 Å². The predicted octanol–water partition coefficient (Wildman–Crippen LogP) is 5.32. The first-order chi connectivity index (χ1) is 9.95. The number of hydrogen-bond donors (Lipinski definition) is 1. The SMILES string of the molecule is CC(C)(C)c1nc(CNc2c(Cl)ccc3scnc23)cs1. The van der Waals surface area contributed by atoms with E-state index >= 15 is 0 Å². The molecule has 0 fully saturated rings. The summed E-state index contributed by atoms with van der Waals surface area (Å²) in [6.07, 6.45) is 0. The maximum absolute atomic E-state index is 6.29. The van der Waals surface area contributed by atoms with E-state index in [9.17, 15) is 0 Å². The van der Waals surface area contributed by atoms with Gasteiger partial charge in [-0.05, 0) is 12.1 Å². The van der Waals surface area contributed by atoms with Gasteiger partial charge >= 0.3 is 0 Å². The van der Waals surface area contributed by atoms with Gasteiger partial charge in [0.2, 0.25) is 0 Å². The average Bonchev–Trinajstić information content (AvgIpc) is 3.05. The summed E-state index contributed by atoms with van der Waals surface area (Å²) >= 11 is 9.61. The Labute approximate surface area is 137 Å². The van der Waals surface area contributed by atoms with Crippen LogP contribution in [-0.2, 0) is 12.0 Å². The summed E-state index contributed by atoms with van der Waals surface area (Å²) in [5.74, 6) is 0. The molecule has 21 heavy (non-hydrogen) atoms. The number of halogens is 1. The minimum absolute atomic E-state index is 0.0927. The normalized spacial score (nSPS) is 12.0. The third kappa shape index (κ3) is 3.05. The monoisotopic (exact) mass is 337 g/mol. The Morgan fingerprint density at radius 3 is 2.76 bits per heavy atom. The first-order valence-electron chi connectivity index (χ1n) is 6.65. The third-order valence-corrected chi connectivity index (χ3v) is 5.52. The fourth-order valence-corrected chi connectivity index (χ4v) is 3.80. The molecule has 1 aromatic carbocycles. The molecule has 0 unspecified atom stereocenters. The quantitative estimate of drug-likeness (QED) is 0.703. The Hall–Kier alpha value is -1.17. The number of benzene rings is 1. The second-order valence-electron chi connectivity index (χ2n) is 5.87. The van der Waals surface area contributed by atoms with Gasteiger partial charge in [-0.2, -0.15) is 0 Å². The second kappa shape index (κ2) is 5.55. The third-order valence-electron chi connectivity index (χ3n) is 3.09. The van der Waals surface area contributed by atoms with Crippen LogP contribution in [0.3, 0.4) is 0 Å². The molecule has 0 amide bonds. The van der Waals surface area contributed by atoms with E-state index in [-0.39, 0.29) is 5.41 Å². The molecule has 0 bridgehead atoms. The summed E-state index contributed by atoms with van der Waals surface area (Å²) < 4.78 is 1.13. The number of hydrogen-bond acceptors (Lipinski definition) is 5. The molecule has 2 aromatic heterocycles. The smallest absolute Gasteiger partial charge is 0.106 e. The van der Waals surface area contributed by atoms with Gasteiger partial charge in [0.25, 0.3) is 0 Å². The van der Waals surface area contributed by atoms with E-state index in [1.54, 1.807) is 22.7 Å². The predicted molar refractivity (Wildman–Crippen MR) is 92.8 cm³/mol. The topological polar surface area (TPSA) is 37.8 Å². The van der Waals surface area contributed by atoms with Crippen molar-refractivity contribution in [2.24, 2.45) is 0 Å². The first-order valence-corrected chi connectivity index (χ1v) is 8.79. The molecular formula is C15H16ClN3S2. The van der Waals surface area contributed by atoms with Crippen molar-refractivity contribution in [3.8, 4) is 0 Å². The largest absolute Gasteiger partial charge is 0.376 e. The Balaban J connectivity index is 1.82. The van der Waals surface area contributed by atoms with Crippen molar-refractivity contribution in [3.05, 3.63) is 38.7 Å². The maximum atomic E-state index is 6.29. The van der Waals surface area contributed by atoms with Crippen LogP contribution in [0, 0.1) is 0 Å². The summed E-state index contributed by atoms with van der Waals surface area (Å²) in [5.41, 5.74) is 4.79. The van der Waals surface area contributed by atoms with Gasteiger partial charge in [-0.1, -0.05) is 32.4 Å². The van der Waals surface area contributed by atoms with Crippen molar-refractivity contribution in [1.29, 1.82) is 0 Å². The molecule has 0 aliphatic rings. The maximum Gasteiger partial charge on any atom is 0.106 e. The van der Waals surface area contributed by atoms with E-state index in [1.807, 2.05) is 17.6 Å². The average molecular weight is 338 g/mol. The van der Waals surface area contributed by atoms with E-state index in [4.69, 9.17) is 11.6 Å². The van der Waals surface area contributed by atoms with Gasteiger partial charge in [0.15, 0.2) is 0 Å². The lowest BCUT2D eigenvalue weighted by molar-refractivity contribution is 0.583. The van der Waals surface area contributed by atoms with Crippen LogP contribution in [-0.4, -0.2) is 9.97 Å². The van der Waals surface area contributed by atoms with Crippen molar-refractivity contribution in [2.45, 2.75) is 32.7 Å². The highest BCUT2D eigenvalue weighted by Gasteiger charge is 2.18. The Kier molecular flexibility index (Phi) is 3.90. The van der Waals surface area contributed by atoms with Crippen LogP contribution in [0.4, 0.5) is 5.69 Å². The van der Waals surface area contributed by atoms with Gasteiger partial charge in [-0.3, -0.25) is 0 Å². The van der Waals surface area contributed by atoms with Gasteiger partial charge < -0.3 is 5.32 Å². The zero-order chi connectivity index (χ0) is 15.0. The highest BCUT2D eigenvalue weighted by atomic mass is 35.5. The lowest BCUT2D eigenvalue weighted by Gasteiger charge is -2.13. The van der Waals surface area contributed by atoms with Gasteiger partial charge in [0.1, 0.15) is 5.52 Å². The van der Waals surface area contributed by atoms with Crippen molar-refractivity contribution < 1.29 is 0 Å². The van der Waals surface area contributed by atoms with Crippen LogP contribution in [0.5, 0.6) is 0 Å². The fraction of sp³-hybridized carbons (Fsp3) is 0.333. The van der Waals surface area contributed by atoms with Crippen LogP contribution in [0.15, 0.2) is 23.0 Å². The summed E-state index contributed by atoms with van der Waals surface area (Å²) in [6.45, 7) is 7.19. The van der Waals surface area contributed by atoms with E-state index in [2.05, 4.69) is 41.4 Å². The number of nitrogens with zero attached hydrogens (tertiary/aromatic N) is 2. The highest BCUT2D eigenvalue weighted by molar-refractivity contribution is 7.16. The standard InChI is InChI=1S/C15H16ClN3S2/c1-15(2,3)14-19-9(7-20-14)6-17-12-10(16)4-5-11-13(12)18-8-21-11/h4-5,7-8,17H,6H2,1-3H3. The molecule has 110 valence electrons. The summed E-state index contributed by atoms with van der Waals surface area (Å²) in [5, 5.41) is 7.32. The number of aromatic nitrogens is 2. The first kappa shape index (κ1) is 14.8. The van der Waals surface area contributed by atoms with Gasteiger partial charge in [-0.15, -0.1) is 22.7 Å². The second-order valence-corrected chi connectivity index (χ2v) is 8.02. The van der Waals surface area contributed by atoms with Crippen molar-refractivity contribution in [1.82, 2.24) is 9.97 Å². The Morgan fingerprint density at radius 2 is 2.05 bits per heavy atom. The Bertz CT molecular complexity index is 771. The zero-order valence-corrected chi connectivity index (χ0v) is 14.5. The molecule has 0 radical (unpaired) electrons. The molecule has 2 heterocycles. The van der Waals surface area contributed by atoms with Crippen molar-refractivity contribution in [3.63, 3.8) is 0 Å². The van der Waals surface area contributed by atoms with E-state index < -0.39 is 0 Å². The van der Waals surface area contributed by atoms with Crippen LogP contribution < -0.4 is 5.32 Å². The molecule has 0 spiro atoms. The van der Waals surface area contributed by atoms with Crippen LogP contribution in [0.1, 0.15) is 31.5 Å². The van der Waals surface area contributed by atoms with Gasteiger partial charge in [0, 0.05) is 10.8 Å². The molecule has 0 atom stereocenters. The molecule has 0 saturated carbocycles. The summed E-state index contributed by atoms with van der Waals surface area (Å²) in [7, 11) is 0. The number of thiazole rings is 2. The van der Waals surface area contributed by atoms with Crippen LogP contribution >= 0.6 is 34.3 Å². The van der Waals surface area contributed by atoms with Crippen LogP contribution in [0.2, 0.25) is 5.02 Å².